The summed E-state index contributed by atoms with van der Waals surface area (Å²) < 4.78 is 34.7. The Hall–Kier alpha value is -3.54. The van der Waals surface area contributed by atoms with Crippen LogP contribution in [0.4, 0.5) is 11.6 Å². The molecule has 0 amide bonds. The van der Waals surface area contributed by atoms with Crippen LogP contribution in [0.2, 0.25) is 0 Å². The maximum absolute atomic E-state index is 13.0. The fourth-order valence-electron chi connectivity index (χ4n) is 4.91. The first kappa shape index (κ1) is 28.0. The van der Waals surface area contributed by atoms with Gasteiger partial charge in [-0.05, 0) is 62.4 Å². The molecule has 5 N–H and O–H groups in total. The van der Waals surface area contributed by atoms with Gasteiger partial charge in [0.15, 0.2) is 0 Å². The van der Waals surface area contributed by atoms with Crippen LogP contribution >= 0.6 is 0 Å². The van der Waals surface area contributed by atoms with Crippen molar-refractivity contribution in [3.63, 3.8) is 0 Å². The van der Waals surface area contributed by atoms with Gasteiger partial charge >= 0.3 is 0 Å². The fourth-order valence-corrected chi connectivity index (χ4v) is 6.23. The van der Waals surface area contributed by atoms with Gasteiger partial charge < -0.3 is 21.1 Å². The number of anilines is 2. The molecule has 212 valence electrons. The molecule has 2 aromatic heterocycles. The van der Waals surface area contributed by atoms with E-state index in [0.717, 1.165) is 40.4 Å². The minimum atomic E-state index is -3.91. The van der Waals surface area contributed by atoms with Gasteiger partial charge in [-0.15, -0.1) is 0 Å². The second-order valence-electron chi connectivity index (χ2n) is 12.0. The van der Waals surface area contributed by atoms with Gasteiger partial charge in [-0.3, -0.25) is 0 Å². The van der Waals surface area contributed by atoms with Crippen LogP contribution in [0.5, 0.6) is 5.75 Å². The van der Waals surface area contributed by atoms with E-state index < -0.39 is 15.6 Å². The first-order valence-corrected chi connectivity index (χ1v) is 14.8. The minimum absolute atomic E-state index is 0.0227. The van der Waals surface area contributed by atoms with Crippen molar-refractivity contribution in [1.82, 2.24) is 19.7 Å². The second-order valence-corrected chi connectivity index (χ2v) is 13.7. The molecule has 10 nitrogen and oxygen atoms in total. The van der Waals surface area contributed by atoms with Crippen molar-refractivity contribution in [3.05, 3.63) is 59.2 Å². The quantitative estimate of drug-likeness (QED) is 0.409. The molecule has 0 unspecified atom stereocenters. The molecule has 0 bridgehead atoms. The minimum Gasteiger partial charge on any atom is -0.491 e. The number of aromatic nitrogens is 3. The number of nitrogens with two attached hydrogens (primary N) is 2. The number of hydrogen-bond acceptors (Lipinski definition) is 9. The smallest absolute Gasteiger partial charge is 0.244 e. The van der Waals surface area contributed by atoms with Crippen LogP contribution in [-0.2, 0) is 23.0 Å². The summed E-state index contributed by atoms with van der Waals surface area (Å²) in [6.07, 6.45) is 6.22. The summed E-state index contributed by atoms with van der Waals surface area (Å²) in [7, 11) is -3.91. The van der Waals surface area contributed by atoms with E-state index in [1.807, 2.05) is 18.2 Å². The highest BCUT2D eigenvalue weighted by Crippen LogP contribution is 2.41. The molecule has 0 atom stereocenters. The molecule has 2 aliphatic rings. The number of nitrogen functional groups attached to an aromatic ring is 1. The Balaban J connectivity index is 1.48. The number of benzene rings is 1. The van der Waals surface area contributed by atoms with Gasteiger partial charge in [0.1, 0.15) is 35.2 Å². The molecular formula is C29H37N7O3S. The van der Waals surface area contributed by atoms with E-state index in [-0.39, 0.29) is 22.7 Å². The van der Waals surface area contributed by atoms with Crippen LogP contribution in [0, 0.1) is 5.41 Å². The lowest BCUT2D eigenvalue weighted by molar-refractivity contribution is 0.331. The van der Waals surface area contributed by atoms with Gasteiger partial charge in [0, 0.05) is 41.5 Å². The number of hydrogen-bond donors (Lipinski definition) is 3. The van der Waals surface area contributed by atoms with E-state index in [2.05, 4.69) is 46.4 Å². The van der Waals surface area contributed by atoms with Crippen molar-refractivity contribution in [3.8, 4) is 16.9 Å². The number of rotatable bonds is 6. The van der Waals surface area contributed by atoms with Crippen LogP contribution < -0.4 is 25.8 Å². The Kier molecular flexibility index (Phi) is 7.10. The zero-order valence-electron chi connectivity index (χ0n) is 23.7. The van der Waals surface area contributed by atoms with Gasteiger partial charge in [-0.1, -0.05) is 25.5 Å². The maximum atomic E-state index is 13.0. The summed E-state index contributed by atoms with van der Waals surface area (Å²) in [5.74, 6) is 1.63. The Morgan fingerprint density at radius 2 is 1.93 bits per heavy atom. The highest BCUT2D eigenvalue weighted by atomic mass is 32.2. The third kappa shape index (κ3) is 5.67. The third-order valence-electron chi connectivity index (χ3n) is 7.56. The molecule has 1 aliphatic heterocycles. The fraction of sp³-hybridized carbons (Fsp3) is 0.414. The number of allylic oxidation sites excluding steroid dienone is 1. The zero-order valence-corrected chi connectivity index (χ0v) is 24.5. The summed E-state index contributed by atoms with van der Waals surface area (Å²) in [5.41, 5.74) is 17.1. The SMILES string of the molecule is CC1=Cc2ncnc(N3CCOc4ccc(-c5cnc(N)c(S(=O)(=O)NCC(C)(C)N)c5)cc4C3)c2CC1(C)C. The largest absolute Gasteiger partial charge is 0.491 e. The summed E-state index contributed by atoms with van der Waals surface area (Å²) in [6, 6.07) is 7.37. The molecule has 5 rings (SSSR count). The molecule has 1 aliphatic carbocycles. The van der Waals surface area contributed by atoms with Gasteiger partial charge in [-0.25, -0.2) is 28.1 Å². The monoisotopic (exact) mass is 563 g/mol. The zero-order chi connectivity index (χ0) is 28.9. The van der Waals surface area contributed by atoms with Crippen molar-refractivity contribution in [2.75, 3.05) is 30.3 Å². The molecule has 0 radical (unpaired) electrons. The molecule has 40 heavy (non-hydrogen) atoms. The Morgan fingerprint density at radius 3 is 2.67 bits per heavy atom. The number of nitrogens with one attached hydrogen (secondary N) is 1. The van der Waals surface area contributed by atoms with Crippen LogP contribution in [0.1, 0.15) is 51.4 Å². The summed E-state index contributed by atoms with van der Waals surface area (Å²) in [6.45, 7) is 11.9. The first-order valence-electron chi connectivity index (χ1n) is 13.3. The lowest BCUT2D eigenvalue weighted by Gasteiger charge is -2.33. The number of sulfonamides is 1. The Morgan fingerprint density at radius 1 is 1.15 bits per heavy atom. The van der Waals surface area contributed by atoms with Gasteiger partial charge in [-0.2, -0.15) is 0 Å². The van der Waals surface area contributed by atoms with Crippen LogP contribution in [0.3, 0.4) is 0 Å². The summed E-state index contributed by atoms with van der Waals surface area (Å²) in [5, 5.41) is 0. The molecule has 0 spiro atoms. The van der Waals surface area contributed by atoms with E-state index in [4.69, 9.17) is 21.2 Å². The second kappa shape index (κ2) is 10.1. The van der Waals surface area contributed by atoms with Gasteiger partial charge in [0.05, 0.1) is 12.2 Å². The Bertz CT molecular complexity index is 1590. The van der Waals surface area contributed by atoms with E-state index in [1.54, 1.807) is 32.4 Å². The predicted molar refractivity (Wildman–Crippen MR) is 157 cm³/mol. The van der Waals surface area contributed by atoms with Crippen molar-refractivity contribution in [2.45, 2.75) is 58.0 Å². The lowest BCUT2D eigenvalue weighted by Crippen LogP contribution is -2.45. The highest BCUT2D eigenvalue weighted by molar-refractivity contribution is 7.89. The molecule has 3 aromatic rings. The molecule has 3 heterocycles. The number of nitrogens with zero attached hydrogens (tertiary/aromatic N) is 4. The lowest BCUT2D eigenvalue weighted by atomic mass is 9.75. The predicted octanol–water partition coefficient (Wildman–Crippen LogP) is 3.52. The van der Waals surface area contributed by atoms with Crippen molar-refractivity contribution < 1.29 is 13.2 Å². The number of fused-ring (bicyclic) bond motifs is 2. The normalized spacial score (nSPS) is 16.9. The molecule has 0 saturated heterocycles. The van der Waals surface area contributed by atoms with E-state index in [9.17, 15) is 8.42 Å². The maximum Gasteiger partial charge on any atom is 0.244 e. The average Bonchev–Trinajstić information content (AvgIpc) is 3.09. The Labute approximate surface area is 235 Å². The molecule has 11 heteroatoms. The van der Waals surface area contributed by atoms with E-state index in [1.165, 1.54) is 5.57 Å². The van der Waals surface area contributed by atoms with Gasteiger partial charge in [0.2, 0.25) is 10.0 Å². The summed E-state index contributed by atoms with van der Waals surface area (Å²) in [4.78, 5) is 15.6. The molecule has 0 fully saturated rings. The van der Waals surface area contributed by atoms with Crippen LogP contribution in [0.25, 0.3) is 17.2 Å². The van der Waals surface area contributed by atoms with Crippen molar-refractivity contribution in [1.29, 1.82) is 0 Å². The molecule has 0 saturated carbocycles. The average molecular weight is 564 g/mol. The standard InChI is InChI=1S/C29H37N7O3S/c1-18-10-23-22(13-28(18,2)3)27(34-17-33-23)36-8-9-39-24-7-6-19(11-21(24)15-36)20-12-25(26(30)32-14-20)40(37,38)35-16-29(4,5)31/h6-7,10-12,14,17,35H,8-9,13,15-16,31H2,1-5H3,(H2,30,32). The third-order valence-corrected chi connectivity index (χ3v) is 8.99. The number of ether oxygens (including phenoxy) is 1. The van der Waals surface area contributed by atoms with Crippen molar-refractivity contribution >= 4 is 27.7 Å². The van der Waals surface area contributed by atoms with E-state index in [0.29, 0.717) is 25.3 Å². The summed E-state index contributed by atoms with van der Waals surface area (Å²) >= 11 is 0. The highest BCUT2D eigenvalue weighted by Gasteiger charge is 2.31. The van der Waals surface area contributed by atoms with Crippen LogP contribution in [0.15, 0.2) is 47.3 Å². The molecular weight excluding hydrogens is 526 g/mol. The molecule has 1 aromatic carbocycles. The van der Waals surface area contributed by atoms with E-state index >= 15 is 0 Å². The topological polar surface area (TPSA) is 149 Å². The first-order chi connectivity index (χ1) is 18.7. The van der Waals surface area contributed by atoms with Crippen LogP contribution in [-0.4, -0.2) is 48.6 Å². The number of pyridine rings is 1. The van der Waals surface area contributed by atoms with Crippen molar-refractivity contribution in [2.24, 2.45) is 11.1 Å². The van der Waals surface area contributed by atoms with Gasteiger partial charge in [0.25, 0.3) is 0 Å².